The molecule has 2 aromatic rings. The monoisotopic (exact) mass is 266 g/mol. The van der Waals surface area contributed by atoms with Gasteiger partial charge in [0, 0.05) is 18.8 Å². The van der Waals surface area contributed by atoms with E-state index in [0.717, 1.165) is 13.0 Å². The molecule has 0 bridgehead atoms. The number of hydrogen-bond donors (Lipinski definition) is 1. The smallest absolute Gasteiger partial charge is 0.0667 e. The molecule has 0 aromatic heterocycles. The molecule has 0 spiro atoms. The van der Waals surface area contributed by atoms with Crippen molar-refractivity contribution in [3.63, 3.8) is 0 Å². The lowest BCUT2D eigenvalue weighted by atomic mass is 9.97. The fourth-order valence-corrected chi connectivity index (χ4v) is 3.23. The summed E-state index contributed by atoms with van der Waals surface area (Å²) in [7, 11) is 0. The van der Waals surface area contributed by atoms with Crippen molar-refractivity contribution in [2.24, 2.45) is 5.73 Å². The van der Waals surface area contributed by atoms with E-state index in [1.54, 1.807) is 0 Å². The molecule has 1 atom stereocenters. The van der Waals surface area contributed by atoms with Gasteiger partial charge in [0.25, 0.3) is 0 Å². The Kier molecular flexibility index (Phi) is 3.49. The molecule has 0 fully saturated rings. The van der Waals surface area contributed by atoms with Crippen LogP contribution in [0.2, 0.25) is 0 Å². The maximum absolute atomic E-state index is 6.12. The molecule has 0 amide bonds. The van der Waals surface area contributed by atoms with Gasteiger partial charge in [0.15, 0.2) is 0 Å². The molecule has 2 aromatic carbocycles. The van der Waals surface area contributed by atoms with E-state index in [1.807, 2.05) is 0 Å². The highest BCUT2D eigenvalue weighted by Gasteiger charge is 2.26. The topological polar surface area (TPSA) is 29.3 Å². The minimum absolute atomic E-state index is 0.276. The van der Waals surface area contributed by atoms with E-state index in [4.69, 9.17) is 5.73 Å². The van der Waals surface area contributed by atoms with Crippen molar-refractivity contribution < 1.29 is 0 Å². The van der Waals surface area contributed by atoms with Crippen molar-refractivity contribution in [1.82, 2.24) is 0 Å². The zero-order valence-electron chi connectivity index (χ0n) is 12.3. The van der Waals surface area contributed by atoms with Gasteiger partial charge < -0.3 is 10.6 Å². The first-order valence-corrected chi connectivity index (χ1v) is 7.32. The van der Waals surface area contributed by atoms with Crippen LogP contribution in [0.15, 0.2) is 42.5 Å². The van der Waals surface area contributed by atoms with Crippen LogP contribution in [0.5, 0.6) is 0 Å². The van der Waals surface area contributed by atoms with E-state index in [2.05, 4.69) is 61.2 Å². The van der Waals surface area contributed by atoms with Crippen molar-refractivity contribution >= 4 is 5.69 Å². The van der Waals surface area contributed by atoms with Gasteiger partial charge in [0.1, 0.15) is 0 Å². The molecule has 1 aliphatic rings. The normalized spacial score (nSPS) is 15.2. The van der Waals surface area contributed by atoms with Crippen molar-refractivity contribution in [1.29, 1.82) is 0 Å². The van der Waals surface area contributed by atoms with E-state index in [9.17, 15) is 0 Å². The summed E-state index contributed by atoms with van der Waals surface area (Å²) in [6.07, 6.45) is 1.12. The molecule has 2 N–H and O–H groups in total. The Labute approximate surface area is 121 Å². The molecule has 0 aliphatic carbocycles. The van der Waals surface area contributed by atoms with Gasteiger partial charge in [0.05, 0.1) is 6.04 Å². The fourth-order valence-electron chi connectivity index (χ4n) is 3.23. The van der Waals surface area contributed by atoms with Gasteiger partial charge in [-0.1, -0.05) is 42.0 Å². The zero-order chi connectivity index (χ0) is 14.1. The van der Waals surface area contributed by atoms with Crippen LogP contribution in [0.3, 0.4) is 0 Å². The Bertz CT molecular complexity index is 619. The number of nitrogens with zero attached hydrogens (tertiary/aromatic N) is 1. The molecule has 104 valence electrons. The van der Waals surface area contributed by atoms with Gasteiger partial charge in [-0.15, -0.1) is 0 Å². The van der Waals surface area contributed by atoms with Crippen LogP contribution in [-0.4, -0.2) is 13.1 Å². The Morgan fingerprint density at radius 3 is 2.75 bits per heavy atom. The Morgan fingerprint density at radius 2 is 1.95 bits per heavy atom. The number of anilines is 1. The lowest BCUT2D eigenvalue weighted by molar-refractivity contribution is 0.645. The molecule has 2 heteroatoms. The maximum atomic E-state index is 6.12. The molecule has 1 aliphatic heterocycles. The van der Waals surface area contributed by atoms with Crippen LogP contribution in [0.25, 0.3) is 0 Å². The summed E-state index contributed by atoms with van der Waals surface area (Å²) in [5.41, 5.74) is 12.9. The number of benzene rings is 2. The molecule has 0 saturated heterocycles. The largest absolute Gasteiger partial charge is 0.363 e. The second kappa shape index (κ2) is 5.29. The molecule has 0 radical (unpaired) electrons. The number of fused-ring (bicyclic) bond motifs is 1. The van der Waals surface area contributed by atoms with E-state index in [1.165, 1.54) is 27.9 Å². The minimum Gasteiger partial charge on any atom is -0.363 e. The van der Waals surface area contributed by atoms with Crippen LogP contribution in [-0.2, 0) is 6.42 Å². The Hall–Kier alpha value is -1.80. The molecular formula is C18H22N2. The molecule has 20 heavy (non-hydrogen) atoms. The first-order chi connectivity index (χ1) is 9.70. The molecule has 1 heterocycles. The average molecular weight is 266 g/mol. The number of rotatable bonds is 3. The molecule has 1 unspecified atom stereocenters. The Balaban J connectivity index is 2.01. The fraction of sp³-hybridized carbons (Fsp3) is 0.333. The minimum atomic E-state index is 0.276. The van der Waals surface area contributed by atoms with Crippen LogP contribution >= 0.6 is 0 Å². The van der Waals surface area contributed by atoms with Gasteiger partial charge in [-0.25, -0.2) is 0 Å². The van der Waals surface area contributed by atoms with Gasteiger partial charge in [-0.2, -0.15) is 0 Å². The highest BCUT2D eigenvalue weighted by atomic mass is 15.2. The predicted molar refractivity (Wildman–Crippen MR) is 85.2 cm³/mol. The molecule has 0 saturated carbocycles. The summed E-state index contributed by atoms with van der Waals surface area (Å²) in [5, 5.41) is 0. The third-order valence-electron chi connectivity index (χ3n) is 4.32. The van der Waals surface area contributed by atoms with Gasteiger partial charge >= 0.3 is 0 Å². The van der Waals surface area contributed by atoms with Gasteiger partial charge in [-0.3, -0.25) is 0 Å². The lowest BCUT2D eigenvalue weighted by Gasteiger charge is -2.31. The highest BCUT2D eigenvalue weighted by molar-refractivity contribution is 5.60. The summed E-state index contributed by atoms with van der Waals surface area (Å²) in [5.74, 6) is 0. The number of hydrogen-bond acceptors (Lipinski definition) is 2. The summed E-state index contributed by atoms with van der Waals surface area (Å²) in [6, 6.07) is 15.6. The Morgan fingerprint density at radius 1 is 1.15 bits per heavy atom. The van der Waals surface area contributed by atoms with E-state index >= 15 is 0 Å². The quantitative estimate of drug-likeness (QED) is 0.923. The summed E-state index contributed by atoms with van der Waals surface area (Å²) in [6.45, 7) is 6.04. The SMILES string of the molecule is Cc1ccc(C)c(C(CN)N2CCc3ccccc32)c1. The van der Waals surface area contributed by atoms with Gasteiger partial charge in [0.2, 0.25) is 0 Å². The summed E-state index contributed by atoms with van der Waals surface area (Å²) in [4.78, 5) is 2.47. The highest BCUT2D eigenvalue weighted by Crippen LogP contribution is 2.35. The van der Waals surface area contributed by atoms with Crippen LogP contribution in [0, 0.1) is 13.8 Å². The van der Waals surface area contributed by atoms with Crippen LogP contribution in [0.1, 0.15) is 28.3 Å². The van der Waals surface area contributed by atoms with E-state index in [-0.39, 0.29) is 6.04 Å². The van der Waals surface area contributed by atoms with Crippen molar-refractivity contribution in [3.05, 3.63) is 64.7 Å². The second-order valence-electron chi connectivity index (χ2n) is 5.68. The van der Waals surface area contributed by atoms with Crippen molar-refractivity contribution in [2.75, 3.05) is 18.0 Å². The van der Waals surface area contributed by atoms with Crippen molar-refractivity contribution in [3.8, 4) is 0 Å². The number of nitrogens with two attached hydrogens (primary N) is 1. The maximum Gasteiger partial charge on any atom is 0.0667 e. The molecule has 3 rings (SSSR count). The summed E-state index contributed by atoms with van der Waals surface area (Å²) >= 11 is 0. The molecule has 2 nitrogen and oxygen atoms in total. The molecular weight excluding hydrogens is 244 g/mol. The first kappa shape index (κ1) is 13.2. The average Bonchev–Trinajstić information content (AvgIpc) is 2.88. The summed E-state index contributed by atoms with van der Waals surface area (Å²) < 4.78 is 0. The third-order valence-corrected chi connectivity index (χ3v) is 4.32. The number of aryl methyl sites for hydroxylation is 2. The lowest BCUT2D eigenvalue weighted by Crippen LogP contribution is -2.33. The second-order valence-corrected chi connectivity index (χ2v) is 5.68. The van der Waals surface area contributed by atoms with Gasteiger partial charge in [-0.05, 0) is 43.0 Å². The zero-order valence-corrected chi connectivity index (χ0v) is 12.3. The van der Waals surface area contributed by atoms with E-state index in [0.29, 0.717) is 6.54 Å². The standard InChI is InChI=1S/C18H22N2/c1-13-7-8-14(2)16(11-13)18(12-19)20-10-9-15-5-3-4-6-17(15)20/h3-8,11,18H,9-10,12,19H2,1-2H3. The van der Waals surface area contributed by atoms with Crippen LogP contribution < -0.4 is 10.6 Å². The van der Waals surface area contributed by atoms with E-state index < -0.39 is 0 Å². The van der Waals surface area contributed by atoms with Crippen LogP contribution in [0.4, 0.5) is 5.69 Å². The predicted octanol–water partition coefficient (Wildman–Crippen LogP) is 3.37. The first-order valence-electron chi connectivity index (χ1n) is 7.32. The third kappa shape index (κ3) is 2.20. The number of para-hydroxylation sites is 1. The van der Waals surface area contributed by atoms with Crippen molar-refractivity contribution in [2.45, 2.75) is 26.3 Å².